The van der Waals surface area contributed by atoms with Crippen LogP contribution in [0, 0.1) is 5.41 Å². The Bertz CT molecular complexity index is 780. The topological polar surface area (TPSA) is 82.2 Å². The van der Waals surface area contributed by atoms with Crippen LogP contribution in [0.5, 0.6) is 0 Å². The van der Waals surface area contributed by atoms with Crippen molar-refractivity contribution in [2.24, 2.45) is 11.1 Å². The summed E-state index contributed by atoms with van der Waals surface area (Å²) in [6.45, 7) is 6.47. The number of hydrogen-bond acceptors (Lipinski definition) is 4. The Morgan fingerprint density at radius 3 is 2.77 bits per heavy atom. The van der Waals surface area contributed by atoms with Crippen LogP contribution in [0.3, 0.4) is 0 Å². The first kappa shape index (κ1) is 20.7. The summed E-state index contributed by atoms with van der Waals surface area (Å²) in [5.41, 5.74) is 6.33. The minimum absolute atomic E-state index is 0. The molecule has 1 saturated carbocycles. The standard InChI is InChI=1S/C18H23ClN4O2.ClH/c1-4-25-15-11-18(20,17(15,2)3)16(24)22-12-6-7-14(13(19)10-12)23-9-5-8-21-23;/h5-10,15H,4,11,20H2,1-3H3,(H,22,24);1H. The molecule has 26 heavy (non-hydrogen) atoms. The van der Waals surface area contributed by atoms with Gasteiger partial charge in [-0.3, -0.25) is 4.79 Å². The molecular formula is C18H24Cl2N4O2. The van der Waals surface area contributed by atoms with Gasteiger partial charge in [-0.05, 0) is 31.2 Å². The lowest BCUT2D eigenvalue weighted by molar-refractivity contribution is -0.166. The number of nitrogens with two attached hydrogens (primary N) is 1. The normalized spacial score (nSPS) is 23.7. The Hall–Kier alpha value is -1.60. The summed E-state index contributed by atoms with van der Waals surface area (Å²) in [6.07, 6.45) is 3.97. The summed E-state index contributed by atoms with van der Waals surface area (Å²) in [7, 11) is 0. The first-order valence-electron chi connectivity index (χ1n) is 8.31. The van der Waals surface area contributed by atoms with Crippen LogP contribution in [0.4, 0.5) is 5.69 Å². The fourth-order valence-electron chi connectivity index (χ4n) is 3.24. The SMILES string of the molecule is CCOC1CC(N)(C(=O)Nc2ccc(-n3cccn3)c(Cl)c2)C1(C)C.Cl. The van der Waals surface area contributed by atoms with E-state index in [1.807, 2.05) is 32.9 Å². The van der Waals surface area contributed by atoms with E-state index in [1.165, 1.54) is 0 Å². The van der Waals surface area contributed by atoms with Crippen molar-refractivity contribution in [1.29, 1.82) is 0 Å². The number of amides is 1. The second kappa shape index (κ2) is 7.56. The van der Waals surface area contributed by atoms with Crippen LogP contribution in [-0.2, 0) is 9.53 Å². The molecule has 1 fully saturated rings. The third kappa shape index (κ3) is 3.34. The zero-order valence-electron chi connectivity index (χ0n) is 15.0. The number of halogens is 2. The molecule has 0 spiro atoms. The van der Waals surface area contributed by atoms with Crippen LogP contribution in [0.15, 0.2) is 36.7 Å². The molecule has 1 aromatic heterocycles. The highest BCUT2D eigenvalue weighted by Gasteiger charge is 2.62. The van der Waals surface area contributed by atoms with Gasteiger partial charge in [-0.15, -0.1) is 12.4 Å². The molecule has 8 heteroatoms. The lowest BCUT2D eigenvalue weighted by Crippen LogP contribution is -2.74. The lowest BCUT2D eigenvalue weighted by atomic mass is 9.54. The van der Waals surface area contributed by atoms with Crippen molar-refractivity contribution in [3.63, 3.8) is 0 Å². The molecule has 0 aliphatic heterocycles. The van der Waals surface area contributed by atoms with E-state index in [0.717, 1.165) is 5.69 Å². The number of rotatable bonds is 5. The molecule has 2 atom stereocenters. The Morgan fingerprint density at radius 1 is 1.50 bits per heavy atom. The maximum Gasteiger partial charge on any atom is 0.245 e. The number of carbonyl (C=O) groups is 1. The van der Waals surface area contributed by atoms with E-state index in [2.05, 4.69) is 10.4 Å². The van der Waals surface area contributed by atoms with Gasteiger partial charge in [-0.2, -0.15) is 5.10 Å². The van der Waals surface area contributed by atoms with Gasteiger partial charge in [0.1, 0.15) is 5.54 Å². The van der Waals surface area contributed by atoms with Crippen molar-refractivity contribution in [2.45, 2.75) is 38.8 Å². The number of nitrogens with one attached hydrogen (secondary N) is 1. The molecule has 2 unspecified atom stereocenters. The molecule has 0 radical (unpaired) electrons. The number of hydrogen-bond donors (Lipinski definition) is 2. The van der Waals surface area contributed by atoms with Crippen LogP contribution < -0.4 is 11.1 Å². The lowest BCUT2D eigenvalue weighted by Gasteiger charge is -2.57. The third-order valence-electron chi connectivity index (χ3n) is 5.19. The number of ether oxygens (including phenoxy) is 1. The molecule has 0 bridgehead atoms. The highest BCUT2D eigenvalue weighted by atomic mass is 35.5. The molecule has 3 rings (SSSR count). The monoisotopic (exact) mass is 398 g/mol. The van der Waals surface area contributed by atoms with Crippen molar-refractivity contribution >= 4 is 35.6 Å². The van der Waals surface area contributed by atoms with E-state index in [9.17, 15) is 4.79 Å². The zero-order chi connectivity index (χ0) is 18.2. The number of aromatic nitrogens is 2. The summed E-state index contributed by atoms with van der Waals surface area (Å²) in [4.78, 5) is 12.8. The molecule has 3 N–H and O–H groups in total. The van der Waals surface area contributed by atoms with E-state index in [-0.39, 0.29) is 24.4 Å². The highest BCUT2D eigenvalue weighted by molar-refractivity contribution is 6.32. The average Bonchev–Trinajstić information content (AvgIpc) is 3.08. The van der Waals surface area contributed by atoms with Crippen molar-refractivity contribution < 1.29 is 9.53 Å². The van der Waals surface area contributed by atoms with Gasteiger partial charge in [0.25, 0.3) is 0 Å². The number of nitrogens with zero attached hydrogens (tertiary/aromatic N) is 2. The van der Waals surface area contributed by atoms with Crippen molar-refractivity contribution in [2.75, 3.05) is 11.9 Å². The molecular weight excluding hydrogens is 375 g/mol. The van der Waals surface area contributed by atoms with Crippen molar-refractivity contribution in [3.05, 3.63) is 41.7 Å². The van der Waals surface area contributed by atoms with Gasteiger partial charge in [0.2, 0.25) is 5.91 Å². The molecule has 0 saturated heterocycles. The first-order valence-corrected chi connectivity index (χ1v) is 8.69. The third-order valence-corrected chi connectivity index (χ3v) is 5.49. The fraction of sp³-hybridized carbons (Fsp3) is 0.444. The molecule has 1 aromatic carbocycles. The van der Waals surface area contributed by atoms with Gasteiger partial charge in [0, 0.05) is 36.5 Å². The molecule has 1 aliphatic carbocycles. The van der Waals surface area contributed by atoms with Crippen molar-refractivity contribution in [1.82, 2.24) is 9.78 Å². The van der Waals surface area contributed by atoms with Crippen molar-refractivity contribution in [3.8, 4) is 5.69 Å². The highest BCUT2D eigenvalue weighted by Crippen LogP contribution is 2.50. The van der Waals surface area contributed by atoms with E-state index in [1.54, 1.807) is 29.2 Å². The maximum absolute atomic E-state index is 12.8. The number of anilines is 1. The van der Waals surface area contributed by atoms with Gasteiger partial charge in [0.15, 0.2) is 0 Å². The summed E-state index contributed by atoms with van der Waals surface area (Å²) in [5.74, 6) is -0.226. The van der Waals surface area contributed by atoms with Crippen LogP contribution in [-0.4, -0.2) is 33.9 Å². The minimum atomic E-state index is -0.972. The van der Waals surface area contributed by atoms with Gasteiger partial charge >= 0.3 is 0 Å². The van der Waals surface area contributed by atoms with Gasteiger partial charge < -0.3 is 15.8 Å². The molecule has 1 heterocycles. The van der Waals surface area contributed by atoms with E-state index in [0.29, 0.717) is 23.7 Å². The van der Waals surface area contributed by atoms with Crippen LogP contribution in [0.2, 0.25) is 5.02 Å². The minimum Gasteiger partial charge on any atom is -0.378 e. The van der Waals surface area contributed by atoms with E-state index in [4.69, 9.17) is 22.1 Å². The maximum atomic E-state index is 12.8. The Morgan fingerprint density at radius 2 is 2.23 bits per heavy atom. The quantitative estimate of drug-likeness (QED) is 0.807. The number of carbonyl (C=O) groups excluding carboxylic acids is 1. The predicted octanol–water partition coefficient (Wildman–Crippen LogP) is 3.42. The fourth-order valence-corrected chi connectivity index (χ4v) is 3.51. The summed E-state index contributed by atoms with van der Waals surface area (Å²) in [6, 6.07) is 7.11. The largest absolute Gasteiger partial charge is 0.378 e. The molecule has 1 amide bonds. The molecule has 1 aliphatic rings. The summed E-state index contributed by atoms with van der Waals surface area (Å²) in [5, 5.41) is 7.53. The van der Waals surface area contributed by atoms with Crippen LogP contribution >= 0.6 is 24.0 Å². The average molecular weight is 399 g/mol. The summed E-state index contributed by atoms with van der Waals surface area (Å²) < 4.78 is 7.34. The predicted molar refractivity (Wildman–Crippen MR) is 105 cm³/mol. The molecule has 6 nitrogen and oxygen atoms in total. The second-order valence-electron chi connectivity index (χ2n) is 6.91. The van der Waals surface area contributed by atoms with Gasteiger partial charge in [-0.25, -0.2) is 4.68 Å². The molecule has 2 aromatic rings. The Balaban J connectivity index is 0.00000243. The smallest absolute Gasteiger partial charge is 0.245 e. The van der Waals surface area contributed by atoms with E-state index < -0.39 is 11.0 Å². The van der Waals surface area contributed by atoms with Crippen LogP contribution in [0.1, 0.15) is 27.2 Å². The van der Waals surface area contributed by atoms with E-state index >= 15 is 0 Å². The zero-order valence-corrected chi connectivity index (χ0v) is 16.6. The Labute approximate surface area is 164 Å². The van der Waals surface area contributed by atoms with Crippen LogP contribution in [0.25, 0.3) is 5.69 Å². The summed E-state index contributed by atoms with van der Waals surface area (Å²) >= 11 is 6.32. The number of benzene rings is 1. The molecule has 142 valence electrons. The first-order chi connectivity index (χ1) is 11.8. The second-order valence-corrected chi connectivity index (χ2v) is 7.32. The van der Waals surface area contributed by atoms with Gasteiger partial charge in [-0.1, -0.05) is 25.4 Å². The Kier molecular flexibility index (Phi) is 6.02. The van der Waals surface area contributed by atoms with Gasteiger partial charge in [0.05, 0.1) is 16.8 Å².